The molecule has 2 aromatic rings. The monoisotopic (exact) mass is 346 g/mol. The lowest BCUT2D eigenvalue weighted by Crippen LogP contribution is -2.13. The van der Waals surface area contributed by atoms with Gasteiger partial charge in [0.05, 0.1) is 33.4 Å². The lowest BCUT2D eigenvalue weighted by molar-refractivity contribution is 0.417. The van der Waals surface area contributed by atoms with E-state index in [2.05, 4.69) is 4.72 Å². The van der Waals surface area contributed by atoms with E-state index in [0.29, 0.717) is 17.1 Å². The Morgan fingerprint density at radius 3 is 2.38 bits per heavy atom. The number of nitrogens with one attached hydrogen (secondary N) is 1. The summed E-state index contributed by atoms with van der Waals surface area (Å²) >= 11 is 11.6. The molecule has 0 atom stereocenters. The molecule has 0 aliphatic rings. The number of sulfonamides is 1. The van der Waals surface area contributed by atoms with Crippen LogP contribution in [-0.2, 0) is 10.0 Å². The number of nitrogens with two attached hydrogens (primary N) is 1. The quantitative estimate of drug-likeness (QED) is 0.831. The van der Waals surface area contributed by atoms with Gasteiger partial charge >= 0.3 is 0 Å². The van der Waals surface area contributed by atoms with Crippen molar-refractivity contribution < 1.29 is 13.2 Å². The summed E-state index contributed by atoms with van der Waals surface area (Å²) in [6, 6.07) is 8.64. The molecule has 0 unspecified atom stereocenters. The molecule has 0 aromatic heterocycles. The summed E-state index contributed by atoms with van der Waals surface area (Å²) in [6.45, 7) is 0. The Bertz CT molecular complexity index is 779. The molecule has 0 spiro atoms. The summed E-state index contributed by atoms with van der Waals surface area (Å²) in [4.78, 5) is 0.00582. The number of benzene rings is 2. The van der Waals surface area contributed by atoms with Gasteiger partial charge in [0, 0.05) is 0 Å². The second-order valence-corrected chi connectivity index (χ2v) is 6.63. The first-order valence-electron chi connectivity index (χ1n) is 5.75. The molecule has 112 valence electrons. The molecule has 0 fully saturated rings. The molecular formula is C13H12Cl2N2O3S. The van der Waals surface area contributed by atoms with Crippen molar-refractivity contribution in [2.24, 2.45) is 0 Å². The topological polar surface area (TPSA) is 81.4 Å². The summed E-state index contributed by atoms with van der Waals surface area (Å²) in [5.41, 5.74) is 6.38. The summed E-state index contributed by atoms with van der Waals surface area (Å²) in [5, 5.41) is 0.443. The molecule has 0 saturated carbocycles. The first-order valence-corrected chi connectivity index (χ1v) is 7.99. The van der Waals surface area contributed by atoms with Crippen molar-refractivity contribution in [2.45, 2.75) is 4.90 Å². The number of halogens is 2. The third-order valence-corrected chi connectivity index (χ3v) is 4.80. The number of rotatable bonds is 4. The van der Waals surface area contributed by atoms with Crippen molar-refractivity contribution >= 4 is 44.6 Å². The van der Waals surface area contributed by atoms with Crippen molar-refractivity contribution in [3.8, 4) is 5.75 Å². The van der Waals surface area contributed by atoms with E-state index in [4.69, 9.17) is 33.7 Å². The number of hydrogen-bond acceptors (Lipinski definition) is 4. The Kier molecular flexibility index (Phi) is 4.51. The Hall–Kier alpha value is -1.63. The maximum atomic E-state index is 12.2. The second-order valence-electron chi connectivity index (χ2n) is 4.14. The standard InChI is InChI=1S/C13H12Cl2N2O3S/c1-20-13-5-2-8(6-12(13)16)17-21(18,19)9-3-4-10(14)11(15)7-9/h2-7,17H,16H2,1H3. The minimum absolute atomic E-state index is 0.00582. The highest BCUT2D eigenvalue weighted by atomic mass is 35.5. The van der Waals surface area contributed by atoms with E-state index < -0.39 is 10.0 Å². The van der Waals surface area contributed by atoms with Gasteiger partial charge in [0.2, 0.25) is 0 Å². The third-order valence-electron chi connectivity index (χ3n) is 2.68. The second kappa shape index (κ2) is 6.01. The molecule has 0 saturated heterocycles. The summed E-state index contributed by atoms with van der Waals surface area (Å²) in [6.07, 6.45) is 0. The smallest absolute Gasteiger partial charge is 0.261 e. The van der Waals surface area contributed by atoms with Crippen LogP contribution in [0.15, 0.2) is 41.3 Å². The van der Waals surface area contributed by atoms with Gasteiger partial charge in [0.15, 0.2) is 0 Å². The number of nitrogen functional groups attached to an aromatic ring is 1. The molecule has 0 amide bonds. The molecule has 21 heavy (non-hydrogen) atoms. The zero-order chi connectivity index (χ0) is 15.6. The minimum Gasteiger partial charge on any atom is -0.495 e. The molecule has 0 bridgehead atoms. The number of ether oxygens (including phenoxy) is 1. The summed E-state index contributed by atoms with van der Waals surface area (Å²) in [5.74, 6) is 0.465. The van der Waals surface area contributed by atoms with Crippen molar-refractivity contribution in [3.05, 3.63) is 46.4 Å². The van der Waals surface area contributed by atoms with Crippen LogP contribution in [0.2, 0.25) is 10.0 Å². The Morgan fingerprint density at radius 1 is 1.10 bits per heavy atom. The zero-order valence-corrected chi connectivity index (χ0v) is 13.3. The van der Waals surface area contributed by atoms with Gasteiger partial charge in [-0.05, 0) is 36.4 Å². The van der Waals surface area contributed by atoms with E-state index in [1.165, 1.54) is 31.4 Å². The molecule has 2 aromatic carbocycles. The van der Waals surface area contributed by atoms with Crippen LogP contribution < -0.4 is 15.2 Å². The molecule has 3 N–H and O–H groups in total. The van der Waals surface area contributed by atoms with Gasteiger partial charge in [-0.3, -0.25) is 4.72 Å². The molecule has 0 aliphatic heterocycles. The average Bonchev–Trinajstić information content (AvgIpc) is 2.41. The van der Waals surface area contributed by atoms with Crippen molar-refractivity contribution in [1.29, 1.82) is 0 Å². The first kappa shape index (κ1) is 15.8. The van der Waals surface area contributed by atoms with Gasteiger partial charge in [-0.2, -0.15) is 0 Å². The van der Waals surface area contributed by atoms with Crippen LogP contribution in [0, 0.1) is 0 Å². The molecule has 0 heterocycles. The first-order chi connectivity index (χ1) is 9.83. The molecule has 0 aliphatic carbocycles. The Balaban J connectivity index is 2.32. The molecular weight excluding hydrogens is 335 g/mol. The predicted molar refractivity (Wildman–Crippen MR) is 84.7 cm³/mol. The number of anilines is 2. The van der Waals surface area contributed by atoms with Gasteiger partial charge < -0.3 is 10.5 Å². The normalized spacial score (nSPS) is 11.2. The molecule has 2 rings (SSSR count). The summed E-state index contributed by atoms with van der Waals surface area (Å²) in [7, 11) is -2.30. The fraction of sp³-hybridized carbons (Fsp3) is 0.0769. The average molecular weight is 347 g/mol. The van der Waals surface area contributed by atoms with E-state index >= 15 is 0 Å². The third kappa shape index (κ3) is 3.53. The van der Waals surface area contributed by atoms with Crippen molar-refractivity contribution in [3.63, 3.8) is 0 Å². The van der Waals surface area contributed by atoms with Crippen LogP contribution in [0.3, 0.4) is 0 Å². The fourth-order valence-corrected chi connectivity index (χ4v) is 3.09. The highest BCUT2D eigenvalue weighted by Crippen LogP contribution is 2.28. The Labute approximate surface area is 132 Å². The van der Waals surface area contributed by atoms with Gasteiger partial charge in [-0.1, -0.05) is 23.2 Å². The van der Waals surface area contributed by atoms with Crippen molar-refractivity contribution in [1.82, 2.24) is 0 Å². The lowest BCUT2D eigenvalue weighted by atomic mass is 10.2. The Morgan fingerprint density at radius 2 is 1.81 bits per heavy atom. The zero-order valence-electron chi connectivity index (χ0n) is 10.9. The maximum absolute atomic E-state index is 12.2. The largest absolute Gasteiger partial charge is 0.495 e. The fourth-order valence-electron chi connectivity index (χ4n) is 1.66. The van der Waals surface area contributed by atoms with Crippen LogP contribution >= 0.6 is 23.2 Å². The van der Waals surface area contributed by atoms with Crippen molar-refractivity contribution in [2.75, 3.05) is 17.6 Å². The van der Waals surface area contributed by atoms with Crippen LogP contribution in [0.1, 0.15) is 0 Å². The maximum Gasteiger partial charge on any atom is 0.261 e. The number of hydrogen-bond donors (Lipinski definition) is 2. The van der Waals surface area contributed by atoms with E-state index in [1.54, 1.807) is 12.1 Å². The SMILES string of the molecule is COc1ccc(NS(=O)(=O)c2ccc(Cl)c(Cl)c2)cc1N. The molecule has 8 heteroatoms. The van der Waals surface area contributed by atoms with Gasteiger partial charge in [0.25, 0.3) is 10.0 Å². The summed E-state index contributed by atoms with van der Waals surface area (Å²) < 4.78 is 31.9. The van der Waals surface area contributed by atoms with E-state index in [1.807, 2.05) is 0 Å². The van der Waals surface area contributed by atoms with E-state index in [9.17, 15) is 8.42 Å². The highest BCUT2D eigenvalue weighted by Gasteiger charge is 2.16. The molecule has 5 nitrogen and oxygen atoms in total. The van der Waals surface area contributed by atoms with Crippen LogP contribution in [0.5, 0.6) is 5.75 Å². The van der Waals surface area contributed by atoms with Gasteiger partial charge in [0.1, 0.15) is 5.75 Å². The highest BCUT2D eigenvalue weighted by molar-refractivity contribution is 7.92. The molecule has 0 radical (unpaired) electrons. The number of methoxy groups -OCH3 is 1. The predicted octanol–water partition coefficient (Wildman–Crippen LogP) is 3.39. The minimum atomic E-state index is -3.78. The van der Waals surface area contributed by atoms with Crippen LogP contribution in [-0.4, -0.2) is 15.5 Å². The van der Waals surface area contributed by atoms with E-state index in [0.717, 1.165) is 0 Å². The van der Waals surface area contributed by atoms with Gasteiger partial charge in [-0.15, -0.1) is 0 Å². The van der Waals surface area contributed by atoms with E-state index in [-0.39, 0.29) is 14.9 Å². The van der Waals surface area contributed by atoms with Gasteiger partial charge in [-0.25, -0.2) is 8.42 Å². The lowest BCUT2D eigenvalue weighted by Gasteiger charge is -2.11. The van der Waals surface area contributed by atoms with Crippen LogP contribution in [0.4, 0.5) is 11.4 Å². The van der Waals surface area contributed by atoms with Crippen LogP contribution in [0.25, 0.3) is 0 Å².